The molecule has 0 heterocycles. The van der Waals surface area contributed by atoms with Crippen molar-refractivity contribution in [3.8, 4) is 0 Å². The molecule has 32 heavy (non-hydrogen) atoms. The van der Waals surface area contributed by atoms with Crippen LogP contribution in [-0.2, 0) is 0 Å². The fourth-order valence-electron chi connectivity index (χ4n) is 11.5. The van der Waals surface area contributed by atoms with Gasteiger partial charge < -0.3 is 10.2 Å². The average molecular weight is 443 g/mol. The Hall–Kier alpha value is -0.340. The minimum Gasteiger partial charge on any atom is -0.393 e. The first-order valence-corrected chi connectivity index (χ1v) is 13.8. The van der Waals surface area contributed by atoms with Gasteiger partial charge in [-0.05, 0) is 126 Å². The molecule has 5 aliphatic rings. The third kappa shape index (κ3) is 2.72. The fourth-order valence-corrected chi connectivity index (χ4v) is 11.5. The normalized spacial score (nSPS) is 56.5. The third-order valence-corrected chi connectivity index (χ3v) is 13.6. The van der Waals surface area contributed by atoms with E-state index in [9.17, 15) is 10.2 Å². The van der Waals surface area contributed by atoms with E-state index in [4.69, 9.17) is 0 Å². The van der Waals surface area contributed by atoms with Crippen molar-refractivity contribution in [2.24, 2.45) is 56.7 Å². The van der Waals surface area contributed by atoms with Crippen LogP contribution in [0.5, 0.6) is 0 Å². The maximum absolute atomic E-state index is 10.9. The largest absolute Gasteiger partial charge is 0.393 e. The second-order valence-corrected chi connectivity index (χ2v) is 14.7. The van der Waals surface area contributed by atoms with Crippen LogP contribution in [0.3, 0.4) is 0 Å². The van der Waals surface area contributed by atoms with Gasteiger partial charge >= 0.3 is 0 Å². The van der Waals surface area contributed by atoms with Crippen molar-refractivity contribution in [3.05, 3.63) is 12.2 Å². The van der Waals surface area contributed by atoms with E-state index in [1.165, 1.54) is 57.8 Å². The number of aliphatic hydroxyl groups is 2. The maximum atomic E-state index is 10.9. The molecule has 0 amide bonds. The van der Waals surface area contributed by atoms with Crippen molar-refractivity contribution in [1.82, 2.24) is 0 Å². The molecule has 5 saturated carbocycles. The second-order valence-electron chi connectivity index (χ2n) is 14.7. The highest BCUT2D eigenvalue weighted by Gasteiger charge is 2.70. The van der Waals surface area contributed by atoms with Crippen LogP contribution in [0.1, 0.15) is 106 Å². The summed E-state index contributed by atoms with van der Waals surface area (Å²) in [5.74, 6) is 3.39. The molecule has 10 atom stereocenters. The van der Waals surface area contributed by atoms with Gasteiger partial charge in [-0.3, -0.25) is 0 Å². The Morgan fingerprint density at radius 3 is 2.19 bits per heavy atom. The molecule has 0 radical (unpaired) electrons. The number of hydrogen-bond donors (Lipinski definition) is 2. The number of fused-ring (bicyclic) bond motifs is 7. The van der Waals surface area contributed by atoms with E-state index in [1.807, 2.05) is 0 Å². The number of rotatable bonds is 2. The molecule has 2 N–H and O–H groups in total. The topological polar surface area (TPSA) is 40.5 Å². The molecule has 0 aromatic heterocycles. The Morgan fingerprint density at radius 1 is 0.781 bits per heavy atom. The molecule has 0 aromatic carbocycles. The molecule has 5 aliphatic carbocycles. The van der Waals surface area contributed by atoms with Crippen LogP contribution in [0.15, 0.2) is 12.2 Å². The average Bonchev–Trinajstić information content (AvgIpc) is 3.09. The highest BCUT2D eigenvalue weighted by Crippen LogP contribution is 2.77. The molecule has 0 aromatic rings. The predicted molar refractivity (Wildman–Crippen MR) is 132 cm³/mol. The van der Waals surface area contributed by atoms with E-state index in [0.717, 1.165) is 23.8 Å². The van der Waals surface area contributed by atoms with E-state index in [0.29, 0.717) is 39.4 Å². The van der Waals surface area contributed by atoms with Gasteiger partial charge in [-0.1, -0.05) is 48.1 Å². The minimum absolute atomic E-state index is 0.0344. The first-order valence-electron chi connectivity index (χ1n) is 13.8. The number of aliphatic hydroxyl groups excluding tert-OH is 2. The molecule has 0 bridgehead atoms. The van der Waals surface area contributed by atoms with Gasteiger partial charge in [-0.15, -0.1) is 0 Å². The molecule has 0 saturated heterocycles. The first-order chi connectivity index (χ1) is 14.8. The van der Waals surface area contributed by atoms with E-state index in [-0.39, 0.29) is 18.1 Å². The van der Waals surface area contributed by atoms with Crippen molar-refractivity contribution < 1.29 is 10.2 Å². The third-order valence-electron chi connectivity index (χ3n) is 13.6. The van der Waals surface area contributed by atoms with Crippen molar-refractivity contribution >= 4 is 0 Å². The Bertz CT molecular complexity index is 786. The van der Waals surface area contributed by atoms with Gasteiger partial charge in [0.05, 0.1) is 12.7 Å². The molecule has 2 nitrogen and oxygen atoms in total. The van der Waals surface area contributed by atoms with Crippen LogP contribution in [0, 0.1) is 56.7 Å². The van der Waals surface area contributed by atoms with Gasteiger partial charge in [0.15, 0.2) is 0 Å². The summed E-state index contributed by atoms with van der Waals surface area (Å²) in [7, 11) is 0. The van der Waals surface area contributed by atoms with Gasteiger partial charge in [0.2, 0.25) is 0 Å². The van der Waals surface area contributed by atoms with Crippen molar-refractivity contribution in [2.45, 2.75) is 112 Å². The summed E-state index contributed by atoms with van der Waals surface area (Å²) in [6, 6.07) is 0. The fraction of sp³-hybridized carbons (Fsp3) is 0.933. The lowest BCUT2D eigenvalue weighted by atomic mass is 9.32. The Morgan fingerprint density at radius 2 is 1.50 bits per heavy atom. The van der Waals surface area contributed by atoms with Crippen molar-refractivity contribution in [1.29, 1.82) is 0 Å². The zero-order valence-corrected chi connectivity index (χ0v) is 21.8. The summed E-state index contributed by atoms with van der Waals surface area (Å²) in [5, 5.41) is 20.9. The van der Waals surface area contributed by atoms with Crippen LogP contribution >= 0.6 is 0 Å². The summed E-state index contributed by atoms with van der Waals surface area (Å²) in [4.78, 5) is 0. The van der Waals surface area contributed by atoms with Crippen LogP contribution in [0.25, 0.3) is 0 Å². The first kappa shape index (κ1) is 23.4. The molecule has 5 fully saturated rings. The standard InChI is InChI=1S/C30H50O2/c1-19(18-31)20-10-13-27(4)16-17-29(6)21(25(20)27)8-9-23-28(5)14-12-24(32)26(2,3)22(28)11-15-30(23,29)7/h20-25,31-32H,1,8-18H2,2-7H3/t20-,21+,22?,23+,24-,25+,27+,28-,29?,30+/m0/s1. The van der Waals surface area contributed by atoms with Gasteiger partial charge in [-0.2, -0.15) is 0 Å². The lowest BCUT2D eigenvalue weighted by Gasteiger charge is -2.73. The Balaban J connectivity index is 1.53. The molecule has 2 unspecified atom stereocenters. The SMILES string of the molecule is C=C(CO)[C@@H]1CC[C@]2(C)CCC3(C)[C@H](CC[C@@H]4[C@@]5(C)CC[C@H](O)C(C)(C)C5CC[C@]43C)[C@@H]12. The smallest absolute Gasteiger partial charge is 0.0641 e. The minimum atomic E-state index is -0.143. The molecule has 2 heteroatoms. The molecule has 182 valence electrons. The van der Waals surface area contributed by atoms with Gasteiger partial charge in [0.25, 0.3) is 0 Å². The van der Waals surface area contributed by atoms with E-state index < -0.39 is 0 Å². The zero-order valence-electron chi connectivity index (χ0n) is 21.8. The predicted octanol–water partition coefficient (Wildman–Crippen LogP) is 7.00. The van der Waals surface area contributed by atoms with Crippen molar-refractivity contribution in [3.63, 3.8) is 0 Å². The summed E-state index contributed by atoms with van der Waals surface area (Å²) < 4.78 is 0. The molecule has 0 spiro atoms. The molecule has 0 aliphatic heterocycles. The summed E-state index contributed by atoms with van der Waals surface area (Å²) in [6.07, 6.45) is 12.7. The molecular weight excluding hydrogens is 392 g/mol. The quantitative estimate of drug-likeness (QED) is 0.452. The molecular formula is C30H50O2. The van der Waals surface area contributed by atoms with Gasteiger partial charge in [-0.25, -0.2) is 0 Å². The maximum Gasteiger partial charge on any atom is 0.0641 e. The summed E-state index contributed by atoms with van der Waals surface area (Å²) in [5.41, 5.74) is 2.70. The van der Waals surface area contributed by atoms with Gasteiger partial charge in [0, 0.05) is 0 Å². The van der Waals surface area contributed by atoms with Crippen LogP contribution in [0.4, 0.5) is 0 Å². The van der Waals surface area contributed by atoms with Crippen molar-refractivity contribution in [2.75, 3.05) is 6.61 Å². The second kappa shape index (κ2) is 7.09. The van der Waals surface area contributed by atoms with E-state index in [1.54, 1.807) is 0 Å². The van der Waals surface area contributed by atoms with Crippen LogP contribution in [-0.4, -0.2) is 22.9 Å². The van der Waals surface area contributed by atoms with E-state index >= 15 is 0 Å². The highest BCUT2D eigenvalue weighted by molar-refractivity contribution is 5.21. The lowest BCUT2D eigenvalue weighted by molar-refractivity contribution is -0.246. The molecule has 5 rings (SSSR count). The Kier molecular flexibility index (Phi) is 5.19. The van der Waals surface area contributed by atoms with Crippen LogP contribution < -0.4 is 0 Å². The zero-order chi connectivity index (χ0) is 23.3. The van der Waals surface area contributed by atoms with Gasteiger partial charge in [0.1, 0.15) is 0 Å². The van der Waals surface area contributed by atoms with E-state index in [2.05, 4.69) is 48.1 Å². The van der Waals surface area contributed by atoms with Crippen LogP contribution in [0.2, 0.25) is 0 Å². The highest BCUT2D eigenvalue weighted by atomic mass is 16.3. The summed E-state index contributed by atoms with van der Waals surface area (Å²) >= 11 is 0. The Labute approximate surface area is 197 Å². The monoisotopic (exact) mass is 442 g/mol. The number of hydrogen-bond acceptors (Lipinski definition) is 2. The lowest BCUT2D eigenvalue weighted by Crippen LogP contribution is -2.66. The summed E-state index contributed by atoms with van der Waals surface area (Å²) in [6.45, 7) is 19.8.